The van der Waals surface area contributed by atoms with Gasteiger partial charge in [0, 0.05) is 37.7 Å². The molecule has 0 aliphatic rings. The Bertz CT molecular complexity index is 1790. The molecule has 0 atom stereocenters. The average Bonchev–Trinajstić information content (AvgIpc) is 3.10. The van der Waals surface area contributed by atoms with Gasteiger partial charge in [-0.15, -0.1) is 0 Å². The number of benzene rings is 4. The molecule has 0 saturated carbocycles. The number of carbonyl (C=O) groups excluding carboxylic acids is 4. The molecule has 4 aromatic rings. The zero-order valence-electron chi connectivity index (χ0n) is 29.6. The molecule has 0 unspecified atom stereocenters. The Morgan fingerprint density at radius 1 is 0.640 bits per heavy atom. The van der Waals surface area contributed by atoms with Crippen LogP contribution in [0.1, 0.15) is 16.7 Å². The van der Waals surface area contributed by atoms with Crippen LogP contribution in [0.5, 0.6) is 5.75 Å². The molecule has 0 aliphatic heterocycles. The maximum absolute atomic E-state index is 14.5. The van der Waals surface area contributed by atoms with Gasteiger partial charge in [0.15, 0.2) is 6.61 Å². The fourth-order valence-electron chi connectivity index (χ4n) is 5.46. The Hall–Kier alpha value is -5.68. The lowest BCUT2D eigenvalue weighted by molar-refractivity contribution is -0.121. The van der Waals surface area contributed by atoms with Crippen LogP contribution < -0.4 is 30.1 Å². The average molecular weight is 679 g/mol. The predicted octanol–water partition coefficient (Wildman–Crippen LogP) is 5.03. The number of nitrogens with zero attached hydrogens (tertiary/aromatic N) is 5. The number of ether oxygens (including phenoxy) is 1. The molecule has 0 spiro atoms. The number of para-hydroxylation sites is 3. The molecule has 0 radical (unpaired) electrons. The number of primary amides is 1. The van der Waals surface area contributed by atoms with Crippen molar-refractivity contribution in [1.29, 1.82) is 0 Å². The second kappa shape index (κ2) is 17.1. The quantitative estimate of drug-likeness (QED) is 0.200. The van der Waals surface area contributed by atoms with E-state index in [0.29, 0.717) is 17.1 Å². The van der Waals surface area contributed by atoms with E-state index in [1.165, 1.54) is 19.6 Å². The van der Waals surface area contributed by atoms with E-state index >= 15 is 0 Å². The topological polar surface area (TPSA) is 120 Å². The highest BCUT2D eigenvalue weighted by Crippen LogP contribution is 2.30. The van der Waals surface area contributed by atoms with Crippen LogP contribution in [-0.4, -0.2) is 83.1 Å². The third-order valence-corrected chi connectivity index (χ3v) is 8.11. The molecule has 4 rings (SSSR count). The summed E-state index contributed by atoms with van der Waals surface area (Å²) < 4.78 is 5.68. The summed E-state index contributed by atoms with van der Waals surface area (Å²) in [6.45, 7) is 3.50. The normalized spacial score (nSPS) is 10.8. The van der Waals surface area contributed by atoms with Gasteiger partial charge in [0.05, 0.1) is 5.69 Å². The van der Waals surface area contributed by atoms with E-state index in [4.69, 9.17) is 10.5 Å². The van der Waals surface area contributed by atoms with E-state index in [1.807, 2.05) is 88.6 Å². The number of hydrogen-bond donors (Lipinski definition) is 1. The summed E-state index contributed by atoms with van der Waals surface area (Å²) in [5.74, 6) is -1.44. The van der Waals surface area contributed by atoms with Gasteiger partial charge in [0.1, 0.15) is 18.8 Å². The molecule has 0 saturated heterocycles. The first-order valence-electron chi connectivity index (χ1n) is 16.3. The van der Waals surface area contributed by atoms with Crippen LogP contribution in [0, 0.1) is 13.8 Å². The highest BCUT2D eigenvalue weighted by Gasteiger charge is 2.30. The van der Waals surface area contributed by atoms with Crippen molar-refractivity contribution in [2.75, 3.05) is 74.0 Å². The Balaban J connectivity index is 1.74. The molecule has 11 nitrogen and oxygen atoms in total. The molecule has 50 heavy (non-hydrogen) atoms. The predicted molar refractivity (Wildman–Crippen MR) is 199 cm³/mol. The van der Waals surface area contributed by atoms with Gasteiger partial charge in [0.2, 0.25) is 11.8 Å². The number of aryl methyl sites for hydroxylation is 2. The van der Waals surface area contributed by atoms with Crippen LogP contribution in [0.2, 0.25) is 0 Å². The molecule has 5 amide bonds. The van der Waals surface area contributed by atoms with Gasteiger partial charge >= 0.3 is 6.03 Å². The summed E-state index contributed by atoms with van der Waals surface area (Å²) in [5, 5.41) is 0. The van der Waals surface area contributed by atoms with E-state index in [2.05, 4.69) is 4.90 Å². The highest BCUT2D eigenvalue weighted by atomic mass is 16.5. The third kappa shape index (κ3) is 9.93. The fourth-order valence-corrected chi connectivity index (χ4v) is 5.46. The third-order valence-electron chi connectivity index (χ3n) is 8.11. The van der Waals surface area contributed by atoms with E-state index in [1.54, 1.807) is 50.5 Å². The van der Waals surface area contributed by atoms with Crippen molar-refractivity contribution in [3.8, 4) is 5.75 Å². The van der Waals surface area contributed by atoms with Gasteiger partial charge in [-0.3, -0.25) is 29.1 Å². The number of carbonyl (C=O) groups is 4. The number of anilines is 4. The van der Waals surface area contributed by atoms with E-state index in [0.717, 1.165) is 29.7 Å². The van der Waals surface area contributed by atoms with Crippen molar-refractivity contribution >= 4 is 46.5 Å². The van der Waals surface area contributed by atoms with Crippen molar-refractivity contribution in [3.63, 3.8) is 0 Å². The first-order chi connectivity index (χ1) is 23.8. The van der Waals surface area contributed by atoms with Crippen LogP contribution in [0.3, 0.4) is 0 Å². The van der Waals surface area contributed by atoms with Gasteiger partial charge in [-0.1, -0.05) is 48.5 Å². The molecule has 11 heteroatoms. The Kier molecular flexibility index (Phi) is 12.7. The molecule has 0 aromatic heterocycles. The fraction of sp³-hybridized carbons (Fsp3) is 0.282. The minimum absolute atomic E-state index is 0.186. The first kappa shape index (κ1) is 37.1. The van der Waals surface area contributed by atoms with E-state index in [-0.39, 0.29) is 23.9 Å². The highest BCUT2D eigenvalue weighted by molar-refractivity contribution is 6.11. The largest absolute Gasteiger partial charge is 0.482 e. The lowest BCUT2D eigenvalue weighted by atomic mass is 10.1. The molecular weight excluding hydrogens is 632 g/mol. The van der Waals surface area contributed by atoms with Crippen LogP contribution >= 0.6 is 0 Å². The van der Waals surface area contributed by atoms with Gasteiger partial charge in [-0.2, -0.15) is 0 Å². The Morgan fingerprint density at radius 3 is 1.92 bits per heavy atom. The maximum Gasteiger partial charge on any atom is 0.329 e. The lowest BCUT2D eigenvalue weighted by Crippen LogP contribution is -2.50. The van der Waals surface area contributed by atoms with Crippen LogP contribution in [0.4, 0.5) is 27.5 Å². The number of nitrogens with two attached hydrogens (primary N) is 1. The van der Waals surface area contributed by atoms with Gasteiger partial charge in [-0.05, 0) is 99.6 Å². The minimum atomic E-state index is -0.696. The molecular formula is C39H46N6O5. The summed E-state index contributed by atoms with van der Waals surface area (Å²) in [6, 6.07) is 28.7. The van der Waals surface area contributed by atoms with Crippen LogP contribution in [0.25, 0.3) is 0 Å². The number of amides is 5. The minimum Gasteiger partial charge on any atom is -0.482 e. The summed E-state index contributed by atoms with van der Waals surface area (Å²) in [7, 11) is 7.33. The van der Waals surface area contributed by atoms with Crippen molar-refractivity contribution in [3.05, 3.63) is 114 Å². The molecule has 0 bridgehead atoms. The van der Waals surface area contributed by atoms with Gasteiger partial charge < -0.3 is 20.3 Å². The molecule has 4 aromatic carbocycles. The van der Waals surface area contributed by atoms with Crippen LogP contribution in [0.15, 0.2) is 97.1 Å². The van der Waals surface area contributed by atoms with E-state index < -0.39 is 31.0 Å². The smallest absolute Gasteiger partial charge is 0.329 e. The monoisotopic (exact) mass is 678 g/mol. The van der Waals surface area contributed by atoms with Crippen molar-refractivity contribution in [1.82, 2.24) is 4.90 Å². The van der Waals surface area contributed by atoms with Crippen molar-refractivity contribution in [2.24, 2.45) is 5.73 Å². The second-order valence-electron chi connectivity index (χ2n) is 12.5. The van der Waals surface area contributed by atoms with Gasteiger partial charge in [-0.25, -0.2) is 4.79 Å². The number of rotatable bonds is 14. The van der Waals surface area contributed by atoms with Crippen molar-refractivity contribution < 1.29 is 23.9 Å². The van der Waals surface area contributed by atoms with Crippen molar-refractivity contribution in [2.45, 2.75) is 20.3 Å². The lowest BCUT2D eigenvalue weighted by Gasteiger charge is -2.32. The molecule has 0 fully saturated rings. The summed E-state index contributed by atoms with van der Waals surface area (Å²) in [5.41, 5.74) is 10.4. The standard InChI is InChI=1S/C39H46N6O5/c1-28-21-29(2)23-33(22-28)44(39(49)43(6)32-16-12-13-30(24-32)19-20-41(3)4)26-38(48)45(25-37(47)42(5)31-14-8-7-9-15-31)34-17-10-11-18-35(34)50-27-36(40)46/h7-18,21-24H,19-20,25-27H2,1-6H3,(H2,40,46). The summed E-state index contributed by atoms with van der Waals surface area (Å²) >= 11 is 0. The molecule has 0 aliphatic carbocycles. The maximum atomic E-state index is 14.5. The Morgan fingerprint density at radius 2 is 1.26 bits per heavy atom. The molecule has 0 heterocycles. The number of hydrogen-bond acceptors (Lipinski definition) is 6. The number of urea groups is 1. The first-order valence-corrected chi connectivity index (χ1v) is 16.3. The summed E-state index contributed by atoms with van der Waals surface area (Å²) in [6.07, 6.45) is 0.805. The zero-order chi connectivity index (χ0) is 36.4. The van der Waals surface area contributed by atoms with Gasteiger partial charge in [0.25, 0.3) is 5.91 Å². The zero-order valence-corrected chi connectivity index (χ0v) is 29.6. The number of likely N-dealkylation sites (N-methyl/N-ethyl adjacent to an activating group) is 2. The SMILES string of the molecule is Cc1cc(C)cc(N(CC(=O)N(CC(=O)N(C)c2ccccc2)c2ccccc2OCC(N)=O)C(=O)N(C)c2cccc(CCN(C)C)c2)c1. The van der Waals surface area contributed by atoms with Crippen LogP contribution in [-0.2, 0) is 20.8 Å². The molecule has 262 valence electrons. The van der Waals surface area contributed by atoms with E-state index in [9.17, 15) is 19.2 Å². The molecule has 2 N–H and O–H groups in total. The Labute approximate surface area is 294 Å². The second-order valence-corrected chi connectivity index (χ2v) is 12.5. The summed E-state index contributed by atoms with van der Waals surface area (Å²) in [4.78, 5) is 62.1.